The summed E-state index contributed by atoms with van der Waals surface area (Å²) in [5.41, 5.74) is 5.66. The van der Waals surface area contributed by atoms with Crippen molar-refractivity contribution in [3.8, 4) is 0 Å². The molecule has 1 aromatic heterocycles. The van der Waals surface area contributed by atoms with Gasteiger partial charge in [0.15, 0.2) is 12.1 Å². The molecule has 58 heavy (non-hydrogen) atoms. The molecule has 13 atom stereocenters. The number of nitrogens with zero attached hydrogens (tertiary/aromatic N) is 2. The first-order valence-electron chi connectivity index (χ1n) is 20.5. The van der Waals surface area contributed by atoms with Crippen molar-refractivity contribution in [3.63, 3.8) is 0 Å². The molecule has 0 spiro atoms. The van der Waals surface area contributed by atoms with Crippen LogP contribution in [-0.2, 0) is 38.1 Å². The molecular formula is C45H63N3O10. The number of aromatic nitrogens is 1. The van der Waals surface area contributed by atoms with E-state index in [1.54, 1.807) is 44.3 Å². The van der Waals surface area contributed by atoms with Crippen molar-refractivity contribution in [3.05, 3.63) is 59.8 Å². The summed E-state index contributed by atoms with van der Waals surface area (Å²) in [6.45, 7) is 18.9. The number of primary amides is 1. The minimum atomic E-state index is -1.35. The lowest BCUT2D eigenvalue weighted by Gasteiger charge is -2.47. The number of amides is 1. The third kappa shape index (κ3) is 9.30. The van der Waals surface area contributed by atoms with E-state index in [0.29, 0.717) is 23.9 Å². The van der Waals surface area contributed by atoms with Gasteiger partial charge in [0, 0.05) is 46.9 Å². The monoisotopic (exact) mass is 805 g/mol. The van der Waals surface area contributed by atoms with E-state index in [1.807, 2.05) is 65.8 Å². The first kappa shape index (κ1) is 45.2. The molecule has 3 fully saturated rings. The van der Waals surface area contributed by atoms with Crippen molar-refractivity contribution in [2.45, 2.75) is 123 Å². The van der Waals surface area contributed by atoms with Gasteiger partial charge in [-0.25, -0.2) is 0 Å². The van der Waals surface area contributed by atoms with Gasteiger partial charge in [-0.3, -0.25) is 24.2 Å². The zero-order valence-corrected chi connectivity index (χ0v) is 35.7. The van der Waals surface area contributed by atoms with E-state index in [2.05, 4.69) is 11.6 Å². The number of carbonyl (C=O) groups is 4. The number of aliphatic hydroxyl groups excluding tert-OH is 1. The Balaban J connectivity index is 1.56. The fourth-order valence-electron chi connectivity index (χ4n) is 9.47. The quantitative estimate of drug-likeness (QED) is 0.190. The van der Waals surface area contributed by atoms with Crippen molar-refractivity contribution < 1.29 is 48.0 Å². The van der Waals surface area contributed by atoms with Crippen LogP contribution in [0, 0.1) is 29.6 Å². The van der Waals surface area contributed by atoms with Crippen molar-refractivity contribution in [2.75, 3.05) is 27.3 Å². The Labute approximate surface area is 342 Å². The lowest BCUT2D eigenvalue weighted by molar-refractivity contribution is -0.296. The molecular weight excluding hydrogens is 743 g/mol. The molecule has 3 N–H and O–H groups in total. The van der Waals surface area contributed by atoms with E-state index in [9.17, 15) is 24.3 Å². The molecule has 3 aliphatic rings. The number of Topliss-reactive ketones (excluding diaryl/α,β-unsaturated/α-hetero) is 2. The van der Waals surface area contributed by atoms with Gasteiger partial charge in [0.05, 0.1) is 36.5 Å². The molecule has 3 saturated heterocycles. The van der Waals surface area contributed by atoms with Gasteiger partial charge in [-0.1, -0.05) is 46.4 Å². The average molecular weight is 806 g/mol. The number of ketones is 2. The van der Waals surface area contributed by atoms with E-state index in [1.165, 1.54) is 6.92 Å². The molecule has 0 bridgehead atoms. The molecule has 3 aliphatic heterocycles. The smallest absolute Gasteiger partial charge is 0.316 e. The van der Waals surface area contributed by atoms with E-state index < -0.39 is 83.1 Å². The summed E-state index contributed by atoms with van der Waals surface area (Å²) in [4.78, 5) is 61.3. The van der Waals surface area contributed by atoms with Crippen LogP contribution in [0.3, 0.4) is 0 Å². The fraction of sp³-hybridized carbons (Fsp3) is 0.622. The van der Waals surface area contributed by atoms with Crippen LogP contribution < -0.4 is 5.73 Å². The highest BCUT2D eigenvalue weighted by atomic mass is 16.7. The molecule has 3 unspecified atom stereocenters. The van der Waals surface area contributed by atoms with Crippen molar-refractivity contribution >= 4 is 40.4 Å². The average Bonchev–Trinajstić information content (AvgIpc) is 3.49. The maximum absolute atomic E-state index is 14.6. The molecule has 13 heteroatoms. The summed E-state index contributed by atoms with van der Waals surface area (Å²) in [6, 6.07) is 6.63. The van der Waals surface area contributed by atoms with Gasteiger partial charge < -0.3 is 39.4 Å². The number of cyclic esters (lactones) is 1. The number of rotatable bonds is 9. The minimum absolute atomic E-state index is 0.0268. The van der Waals surface area contributed by atoms with Gasteiger partial charge in [-0.15, -0.1) is 0 Å². The Morgan fingerprint density at radius 1 is 1.09 bits per heavy atom. The maximum atomic E-state index is 14.6. The zero-order valence-electron chi connectivity index (χ0n) is 35.7. The third-order valence-electron chi connectivity index (χ3n) is 12.7. The second-order valence-corrected chi connectivity index (χ2v) is 17.3. The van der Waals surface area contributed by atoms with Crippen LogP contribution in [0.25, 0.3) is 17.0 Å². The first-order valence-corrected chi connectivity index (χ1v) is 20.5. The first-order chi connectivity index (χ1) is 27.2. The van der Waals surface area contributed by atoms with Gasteiger partial charge >= 0.3 is 5.97 Å². The topological polar surface area (TPSA) is 177 Å². The number of ether oxygens (including phenoxy) is 5. The lowest BCUT2D eigenvalue weighted by atomic mass is 9.69. The summed E-state index contributed by atoms with van der Waals surface area (Å²) in [5.74, 6) is -5.56. The predicted octanol–water partition coefficient (Wildman–Crippen LogP) is 5.30. The predicted molar refractivity (Wildman–Crippen MR) is 219 cm³/mol. The van der Waals surface area contributed by atoms with E-state index in [4.69, 9.17) is 29.4 Å². The number of fused-ring (bicyclic) bond motifs is 2. The highest BCUT2D eigenvalue weighted by Gasteiger charge is 2.55. The highest BCUT2D eigenvalue weighted by molar-refractivity contribution is 6.00. The summed E-state index contributed by atoms with van der Waals surface area (Å²) >= 11 is 0. The second kappa shape index (κ2) is 18.2. The molecule has 1 amide bonds. The SMILES string of the molecule is C=C1CO[C@]2(C)[C@@H](CC)OC(=O)C(C)C(=O)[C@H](C)[C@@H](O[C@@H]3O[C@H](C)C[C@H](N(C)C)[C@H]3O)[C@](C)(OC/C=C/c3cnc4ccc(C(N)=O)cc4c3)CC(C)C(=O)C(C)[C@H]12. The number of pyridine rings is 1. The van der Waals surface area contributed by atoms with Gasteiger partial charge in [0.2, 0.25) is 5.91 Å². The Hall–Kier alpha value is -3.85. The number of nitrogens with two attached hydrogens (primary N) is 1. The number of hydrogen-bond acceptors (Lipinski definition) is 12. The molecule has 13 nitrogen and oxygen atoms in total. The van der Waals surface area contributed by atoms with E-state index in [-0.39, 0.29) is 37.6 Å². The summed E-state index contributed by atoms with van der Waals surface area (Å²) < 4.78 is 32.2. The van der Waals surface area contributed by atoms with Crippen LogP contribution in [0.4, 0.5) is 0 Å². The number of likely N-dealkylation sites (N-methyl/N-ethyl adjacent to an activating group) is 1. The molecule has 4 heterocycles. The number of aliphatic hydroxyl groups is 1. The number of esters is 1. The van der Waals surface area contributed by atoms with Crippen LogP contribution in [0.2, 0.25) is 0 Å². The Kier molecular flexibility index (Phi) is 14.2. The Morgan fingerprint density at radius 2 is 1.79 bits per heavy atom. The van der Waals surface area contributed by atoms with Crippen molar-refractivity contribution in [2.24, 2.45) is 35.3 Å². The molecule has 2 aromatic rings. The standard InChI is InChI=1S/C45H63N3O10/c1-12-35-45(9)36(25(3)23-55-45)27(5)37(49)24(2)21-44(8,54-17-13-14-30-19-32-20-31(41(46)52)15-16-33(32)47-22-30)40(28(6)38(50)29(7)42(53)57-35)58-43-39(51)34(48(10)11)18-26(4)56-43/h13-16,19-20,22,24,26-29,34-36,39-40,43,51H,3,12,17-18,21,23H2,1-2,4-11H3,(H2,46,52)/b14-13+/t24?,26-,27?,28+,29?,34+,35-,36+,39-,40-,43+,44-,45-/m1/s1. The molecule has 5 rings (SSSR count). The summed E-state index contributed by atoms with van der Waals surface area (Å²) in [7, 11) is 3.75. The van der Waals surface area contributed by atoms with Gasteiger partial charge in [-0.2, -0.15) is 0 Å². The number of carbonyl (C=O) groups excluding carboxylic acids is 4. The summed E-state index contributed by atoms with van der Waals surface area (Å²) in [6.07, 6.45) is 2.03. The Morgan fingerprint density at radius 3 is 2.45 bits per heavy atom. The Bertz CT molecular complexity index is 1900. The zero-order chi connectivity index (χ0) is 42.9. The van der Waals surface area contributed by atoms with Gasteiger partial charge in [0.1, 0.15) is 29.5 Å². The molecule has 0 aliphatic carbocycles. The fourth-order valence-corrected chi connectivity index (χ4v) is 9.47. The lowest BCUT2D eigenvalue weighted by Crippen LogP contribution is -2.59. The van der Waals surface area contributed by atoms with E-state index >= 15 is 0 Å². The summed E-state index contributed by atoms with van der Waals surface area (Å²) in [5, 5.41) is 12.4. The van der Waals surface area contributed by atoms with Crippen LogP contribution in [-0.4, -0.2) is 114 Å². The molecule has 0 radical (unpaired) electrons. The normalized spacial score (nSPS) is 36.9. The van der Waals surface area contributed by atoms with Crippen LogP contribution in [0.1, 0.15) is 90.6 Å². The van der Waals surface area contributed by atoms with Crippen LogP contribution in [0.5, 0.6) is 0 Å². The largest absolute Gasteiger partial charge is 0.459 e. The number of benzene rings is 1. The minimum Gasteiger partial charge on any atom is -0.459 e. The van der Waals surface area contributed by atoms with Crippen LogP contribution >= 0.6 is 0 Å². The van der Waals surface area contributed by atoms with Crippen molar-refractivity contribution in [1.82, 2.24) is 9.88 Å². The van der Waals surface area contributed by atoms with Gasteiger partial charge in [0.25, 0.3) is 0 Å². The number of hydrogen-bond donors (Lipinski definition) is 2. The maximum Gasteiger partial charge on any atom is 0.316 e. The van der Waals surface area contributed by atoms with Crippen LogP contribution in [0.15, 0.2) is 48.7 Å². The van der Waals surface area contributed by atoms with Crippen molar-refractivity contribution in [1.29, 1.82) is 0 Å². The second-order valence-electron chi connectivity index (χ2n) is 17.3. The van der Waals surface area contributed by atoms with Gasteiger partial charge in [-0.05, 0) is 96.5 Å². The molecule has 318 valence electrons. The molecule has 1 aromatic carbocycles. The third-order valence-corrected chi connectivity index (χ3v) is 12.7. The highest BCUT2D eigenvalue weighted by Crippen LogP contribution is 2.46. The van der Waals surface area contributed by atoms with E-state index in [0.717, 1.165) is 16.5 Å². The molecule has 0 saturated carbocycles.